The predicted octanol–water partition coefficient (Wildman–Crippen LogP) is 0.347. The molecule has 0 spiro atoms. The molecule has 0 bridgehead atoms. The van der Waals surface area contributed by atoms with E-state index in [1.54, 1.807) is 16.1 Å². The molecule has 0 radical (unpaired) electrons. The molecule has 0 saturated carbocycles. The molecule has 2 fully saturated rings. The number of hydrogen-bond acceptors (Lipinski definition) is 5. The van der Waals surface area contributed by atoms with Crippen molar-refractivity contribution in [3.63, 3.8) is 0 Å². The van der Waals surface area contributed by atoms with Gasteiger partial charge in [-0.2, -0.15) is 23.5 Å². The van der Waals surface area contributed by atoms with Crippen LogP contribution in [0.1, 0.15) is 0 Å². The van der Waals surface area contributed by atoms with Gasteiger partial charge in [0.2, 0.25) is 10.0 Å². The molecule has 0 amide bonds. The summed E-state index contributed by atoms with van der Waals surface area (Å²) < 4.78 is 25.8. The number of thioether (sulfide) groups is 2. The minimum Gasteiger partial charge on any atom is -0.370 e. The van der Waals surface area contributed by atoms with E-state index < -0.39 is 10.0 Å². The maximum atomic E-state index is 12.1. The number of nitrogens with two attached hydrogens (primary N) is 1. The van der Waals surface area contributed by atoms with Crippen LogP contribution >= 0.6 is 47.5 Å². The van der Waals surface area contributed by atoms with Gasteiger partial charge in [-0.1, -0.05) is 0 Å². The lowest BCUT2D eigenvalue weighted by Gasteiger charge is -2.27. The Balaban J connectivity index is 0.00000220. The number of guanidine groups is 1. The van der Waals surface area contributed by atoms with E-state index in [4.69, 9.17) is 5.73 Å². The minimum atomic E-state index is -3.17. The topological polar surface area (TPSA) is 79.0 Å². The van der Waals surface area contributed by atoms with Crippen molar-refractivity contribution in [2.24, 2.45) is 10.7 Å². The van der Waals surface area contributed by atoms with Gasteiger partial charge in [0, 0.05) is 49.2 Å². The first-order chi connectivity index (χ1) is 9.59. The van der Waals surface area contributed by atoms with Crippen LogP contribution in [0.4, 0.5) is 0 Å². The summed E-state index contributed by atoms with van der Waals surface area (Å²) in [6.45, 7) is 3.29. The van der Waals surface area contributed by atoms with Gasteiger partial charge in [-0.05, 0) is 0 Å². The highest BCUT2D eigenvalue weighted by Gasteiger charge is 2.23. The quantitative estimate of drug-likeness (QED) is 0.366. The summed E-state index contributed by atoms with van der Waals surface area (Å²) in [5.74, 6) is 4.42. The Morgan fingerprint density at radius 1 is 1.05 bits per heavy atom. The lowest BCUT2D eigenvalue weighted by molar-refractivity contribution is 0.443. The molecule has 2 heterocycles. The van der Waals surface area contributed by atoms with Crippen LogP contribution in [0.15, 0.2) is 4.99 Å². The van der Waals surface area contributed by atoms with Crippen molar-refractivity contribution in [1.82, 2.24) is 9.21 Å². The molecule has 2 N–H and O–H groups in total. The van der Waals surface area contributed by atoms with Gasteiger partial charge < -0.3 is 10.6 Å². The highest BCUT2D eigenvalue weighted by atomic mass is 127. The lowest BCUT2D eigenvalue weighted by Crippen LogP contribution is -2.43. The van der Waals surface area contributed by atoms with E-state index in [-0.39, 0.29) is 36.3 Å². The smallest absolute Gasteiger partial charge is 0.215 e. The molecular formula is C11H23IN4O2S3. The monoisotopic (exact) mass is 466 g/mol. The van der Waals surface area contributed by atoms with E-state index in [9.17, 15) is 8.42 Å². The van der Waals surface area contributed by atoms with E-state index in [0.29, 0.717) is 19.0 Å². The summed E-state index contributed by atoms with van der Waals surface area (Å²) in [7, 11) is -3.17. The number of rotatable bonds is 4. The number of sulfonamides is 1. The molecule has 0 aliphatic carbocycles. The SMILES string of the molecule is I.NC(=NCCS(=O)(=O)N1CCSCC1)N1CCSCC1. The molecular weight excluding hydrogens is 443 g/mol. The van der Waals surface area contributed by atoms with E-state index in [1.165, 1.54) is 0 Å². The largest absolute Gasteiger partial charge is 0.370 e. The van der Waals surface area contributed by atoms with Gasteiger partial charge in [0.25, 0.3) is 0 Å². The molecule has 6 nitrogen and oxygen atoms in total. The van der Waals surface area contributed by atoms with Crippen LogP contribution in [-0.2, 0) is 10.0 Å². The summed E-state index contributed by atoms with van der Waals surface area (Å²) in [6.07, 6.45) is 0. The van der Waals surface area contributed by atoms with Crippen LogP contribution in [0.2, 0.25) is 0 Å². The van der Waals surface area contributed by atoms with Crippen LogP contribution in [0.5, 0.6) is 0 Å². The van der Waals surface area contributed by atoms with Crippen molar-refractivity contribution in [3.05, 3.63) is 0 Å². The Bertz CT molecular complexity index is 435. The summed E-state index contributed by atoms with van der Waals surface area (Å²) in [6, 6.07) is 0. The third kappa shape index (κ3) is 6.32. The van der Waals surface area contributed by atoms with Crippen molar-refractivity contribution >= 4 is 63.5 Å². The molecule has 0 unspecified atom stereocenters. The Kier molecular flexibility index (Phi) is 9.06. The normalized spacial score (nSPS) is 21.9. The number of hydrogen-bond donors (Lipinski definition) is 1. The van der Waals surface area contributed by atoms with Gasteiger partial charge in [-0.15, -0.1) is 24.0 Å². The molecule has 0 aromatic carbocycles. The minimum absolute atomic E-state index is 0. The standard InChI is InChI=1S/C11H22N4O2S3.HI/c12-11(14-2-6-18-7-3-14)13-1-10-20(16,17)15-4-8-19-9-5-15;/h1-10H2,(H2,12,13);1H. The molecule has 0 aromatic heterocycles. The second-order valence-corrected chi connectivity index (χ2v) is 9.20. The second-order valence-electron chi connectivity index (χ2n) is 4.67. The molecule has 0 atom stereocenters. The second kappa shape index (κ2) is 9.68. The maximum absolute atomic E-state index is 12.1. The van der Waals surface area contributed by atoms with Crippen LogP contribution in [0.25, 0.3) is 0 Å². The average Bonchev–Trinajstić information content (AvgIpc) is 2.49. The first kappa shape index (κ1) is 19.7. The molecule has 124 valence electrons. The fourth-order valence-electron chi connectivity index (χ4n) is 2.12. The fourth-order valence-corrected chi connectivity index (χ4v) is 5.48. The first-order valence-electron chi connectivity index (χ1n) is 6.78. The molecule has 21 heavy (non-hydrogen) atoms. The Labute approximate surface area is 152 Å². The van der Waals surface area contributed by atoms with Crippen LogP contribution in [0.3, 0.4) is 0 Å². The summed E-state index contributed by atoms with van der Waals surface area (Å²) in [5.41, 5.74) is 5.91. The van der Waals surface area contributed by atoms with Crippen LogP contribution in [0, 0.1) is 0 Å². The van der Waals surface area contributed by atoms with Crippen LogP contribution < -0.4 is 5.73 Å². The number of aliphatic imine (C=N–C) groups is 1. The Morgan fingerprint density at radius 3 is 2.14 bits per heavy atom. The van der Waals surface area contributed by atoms with Gasteiger partial charge in [0.1, 0.15) is 0 Å². The summed E-state index contributed by atoms with van der Waals surface area (Å²) in [5, 5.41) is 0. The fraction of sp³-hybridized carbons (Fsp3) is 0.909. The maximum Gasteiger partial charge on any atom is 0.215 e. The van der Waals surface area contributed by atoms with Crippen LogP contribution in [-0.4, -0.2) is 85.1 Å². The highest BCUT2D eigenvalue weighted by molar-refractivity contribution is 14.0. The summed E-state index contributed by atoms with van der Waals surface area (Å²) >= 11 is 3.71. The first-order valence-corrected chi connectivity index (χ1v) is 10.7. The third-order valence-electron chi connectivity index (χ3n) is 3.32. The van der Waals surface area contributed by atoms with E-state index in [0.717, 1.165) is 36.1 Å². The van der Waals surface area contributed by atoms with Gasteiger partial charge in [0.05, 0.1) is 12.3 Å². The van der Waals surface area contributed by atoms with Crippen molar-refractivity contribution in [1.29, 1.82) is 0 Å². The Hall–Kier alpha value is 0.610. The molecule has 2 aliphatic heterocycles. The van der Waals surface area contributed by atoms with E-state index in [1.807, 2.05) is 16.7 Å². The number of nitrogens with zero attached hydrogens (tertiary/aromatic N) is 3. The molecule has 10 heteroatoms. The van der Waals surface area contributed by atoms with Crippen molar-refractivity contribution in [2.45, 2.75) is 0 Å². The molecule has 0 aromatic rings. The van der Waals surface area contributed by atoms with Crippen molar-refractivity contribution in [2.75, 3.05) is 61.5 Å². The Morgan fingerprint density at radius 2 is 1.57 bits per heavy atom. The van der Waals surface area contributed by atoms with Gasteiger partial charge in [-0.25, -0.2) is 12.7 Å². The predicted molar refractivity (Wildman–Crippen MR) is 103 cm³/mol. The third-order valence-corrected chi connectivity index (χ3v) is 7.06. The summed E-state index contributed by atoms with van der Waals surface area (Å²) in [4.78, 5) is 6.26. The zero-order chi connectivity index (χ0) is 14.4. The zero-order valence-corrected chi connectivity index (χ0v) is 16.7. The zero-order valence-electron chi connectivity index (χ0n) is 11.9. The van der Waals surface area contributed by atoms with E-state index >= 15 is 0 Å². The lowest BCUT2D eigenvalue weighted by atomic mass is 10.5. The average molecular weight is 466 g/mol. The molecule has 2 saturated heterocycles. The van der Waals surface area contributed by atoms with E-state index in [2.05, 4.69) is 4.99 Å². The highest BCUT2D eigenvalue weighted by Crippen LogP contribution is 2.13. The molecule has 2 aliphatic rings. The number of halogens is 1. The molecule has 2 rings (SSSR count). The van der Waals surface area contributed by atoms with Gasteiger partial charge >= 0.3 is 0 Å². The van der Waals surface area contributed by atoms with Gasteiger partial charge in [-0.3, -0.25) is 4.99 Å². The van der Waals surface area contributed by atoms with Crippen molar-refractivity contribution < 1.29 is 8.42 Å². The van der Waals surface area contributed by atoms with Crippen molar-refractivity contribution in [3.8, 4) is 0 Å². The van der Waals surface area contributed by atoms with Gasteiger partial charge in [0.15, 0.2) is 5.96 Å².